The Hall–Kier alpha value is -4.89. The van der Waals surface area contributed by atoms with Crippen molar-refractivity contribution in [2.45, 2.75) is 11.8 Å². The lowest BCUT2D eigenvalue weighted by Gasteiger charge is -2.14. The Bertz CT molecular complexity index is 1800. The van der Waals surface area contributed by atoms with Crippen molar-refractivity contribution < 1.29 is 22.7 Å². The zero-order valence-corrected chi connectivity index (χ0v) is 23.0. The van der Waals surface area contributed by atoms with Gasteiger partial charge in [-0.15, -0.1) is 0 Å². The normalized spacial score (nSPS) is 11.2. The van der Waals surface area contributed by atoms with Crippen molar-refractivity contribution in [3.05, 3.63) is 108 Å². The molecule has 2 N–H and O–H groups in total. The highest BCUT2D eigenvalue weighted by Gasteiger charge is 2.18. The lowest BCUT2D eigenvalue weighted by Crippen LogP contribution is -2.14. The quantitative estimate of drug-likeness (QED) is 0.234. The second-order valence-corrected chi connectivity index (χ2v) is 10.8. The number of aromatic nitrogens is 1. The van der Waals surface area contributed by atoms with E-state index in [4.69, 9.17) is 14.5 Å². The maximum absolute atomic E-state index is 13.5. The summed E-state index contributed by atoms with van der Waals surface area (Å²) >= 11 is 0. The number of aryl methyl sites for hydroxylation is 1. The van der Waals surface area contributed by atoms with Gasteiger partial charge in [-0.2, -0.15) is 0 Å². The molecule has 0 fully saturated rings. The Morgan fingerprint density at radius 3 is 2.20 bits per heavy atom. The smallest absolute Gasteiger partial charge is 0.261 e. The Labute approximate surface area is 232 Å². The number of rotatable bonds is 8. The molecular formula is C31H27N3O5S. The van der Waals surface area contributed by atoms with E-state index in [0.29, 0.717) is 50.6 Å². The summed E-state index contributed by atoms with van der Waals surface area (Å²) in [6, 6.07) is 27.6. The number of carbonyl (C=O) groups is 1. The molecule has 1 heterocycles. The van der Waals surface area contributed by atoms with Crippen LogP contribution in [0.25, 0.3) is 22.2 Å². The fourth-order valence-electron chi connectivity index (χ4n) is 4.26. The number of sulfonamides is 1. The number of para-hydroxylation sites is 1. The van der Waals surface area contributed by atoms with Gasteiger partial charge in [-0.25, -0.2) is 13.4 Å². The number of hydrogen-bond acceptors (Lipinski definition) is 6. The third kappa shape index (κ3) is 5.60. The highest BCUT2D eigenvalue weighted by Crippen LogP contribution is 2.34. The molecule has 0 saturated carbocycles. The molecule has 0 bridgehead atoms. The molecule has 40 heavy (non-hydrogen) atoms. The minimum absolute atomic E-state index is 0.171. The fraction of sp³-hybridized carbons (Fsp3) is 0.0968. The summed E-state index contributed by atoms with van der Waals surface area (Å²) in [6.45, 7) is 1.89. The monoisotopic (exact) mass is 553 g/mol. The molecule has 9 heteroatoms. The van der Waals surface area contributed by atoms with E-state index in [1.165, 1.54) is 0 Å². The number of nitrogens with one attached hydrogen (secondary N) is 2. The number of benzene rings is 4. The van der Waals surface area contributed by atoms with Crippen molar-refractivity contribution in [1.82, 2.24) is 4.98 Å². The summed E-state index contributed by atoms with van der Waals surface area (Å²) in [6.07, 6.45) is 0. The van der Waals surface area contributed by atoms with Gasteiger partial charge in [0.25, 0.3) is 15.9 Å². The zero-order chi connectivity index (χ0) is 28.3. The first kappa shape index (κ1) is 26.7. The van der Waals surface area contributed by atoms with Gasteiger partial charge in [-0.1, -0.05) is 35.9 Å². The molecule has 202 valence electrons. The molecule has 1 amide bonds. The van der Waals surface area contributed by atoms with Crippen molar-refractivity contribution in [2.24, 2.45) is 0 Å². The Kier molecular flexibility index (Phi) is 7.39. The van der Waals surface area contributed by atoms with Crippen molar-refractivity contribution in [3.63, 3.8) is 0 Å². The number of methoxy groups -OCH3 is 2. The third-order valence-corrected chi connectivity index (χ3v) is 7.77. The van der Waals surface area contributed by atoms with E-state index in [9.17, 15) is 13.2 Å². The first-order valence-electron chi connectivity index (χ1n) is 12.4. The summed E-state index contributed by atoms with van der Waals surface area (Å²) in [5.41, 5.74) is 4.23. The second kappa shape index (κ2) is 11.1. The second-order valence-electron chi connectivity index (χ2n) is 9.09. The minimum atomic E-state index is -3.74. The van der Waals surface area contributed by atoms with E-state index >= 15 is 0 Å². The summed E-state index contributed by atoms with van der Waals surface area (Å²) in [5, 5.41) is 3.60. The van der Waals surface area contributed by atoms with Gasteiger partial charge in [0.15, 0.2) is 0 Å². The average Bonchev–Trinajstić information content (AvgIpc) is 2.97. The van der Waals surface area contributed by atoms with Crippen LogP contribution in [0.15, 0.2) is 102 Å². The van der Waals surface area contributed by atoms with Crippen LogP contribution in [0, 0.1) is 6.92 Å². The summed E-state index contributed by atoms with van der Waals surface area (Å²) < 4.78 is 38.9. The lowest BCUT2D eigenvalue weighted by molar-refractivity contribution is 0.102. The number of carbonyl (C=O) groups excluding carboxylic acids is 1. The first-order chi connectivity index (χ1) is 19.3. The summed E-state index contributed by atoms with van der Waals surface area (Å²) in [7, 11) is -0.590. The summed E-state index contributed by atoms with van der Waals surface area (Å²) in [4.78, 5) is 18.4. The Morgan fingerprint density at radius 2 is 1.50 bits per heavy atom. The molecule has 5 rings (SSSR count). The van der Waals surface area contributed by atoms with Gasteiger partial charge in [-0.3, -0.25) is 9.52 Å². The molecule has 0 aliphatic heterocycles. The number of hydrogen-bond donors (Lipinski definition) is 2. The molecule has 0 aliphatic rings. The van der Waals surface area contributed by atoms with Gasteiger partial charge in [0.05, 0.1) is 35.9 Å². The molecule has 1 aromatic heterocycles. The molecule has 0 radical (unpaired) electrons. The van der Waals surface area contributed by atoms with Gasteiger partial charge in [0, 0.05) is 28.4 Å². The van der Waals surface area contributed by atoms with Crippen LogP contribution >= 0.6 is 0 Å². The average molecular weight is 554 g/mol. The summed E-state index contributed by atoms with van der Waals surface area (Å²) in [5.74, 6) is 0.876. The van der Waals surface area contributed by atoms with Crippen molar-refractivity contribution in [3.8, 4) is 22.8 Å². The van der Waals surface area contributed by atoms with Crippen LogP contribution in [0.5, 0.6) is 11.5 Å². The molecule has 0 atom stereocenters. The first-order valence-corrected chi connectivity index (χ1v) is 13.9. The van der Waals surface area contributed by atoms with Crippen molar-refractivity contribution >= 4 is 38.2 Å². The SMILES string of the molecule is COc1ccc(-c2cc(C(=O)Nc3ccc(NS(=O)(=O)c4ccc(C)cc4)cc3)c3ccccc3n2)c(OC)c1. The van der Waals surface area contributed by atoms with Crippen LogP contribution in [-0.4, -0.2) is 33.5 Å². The van der Waals surface area contributed by atoms with Gasteiger partial charge in [0.1, 0.15) is 11.5 Å². The molecule has 4 aromatic carbocycles. The predicted octanol–water partition coefficient (Wildman–Crippen LogP) is 6.28. The molecule has 5 aromatic rings. The van der Waals surface area contributed by atoms with Crippen LogP contribution < -0.4 is 19.5 Å². The van der Waals surface area contributed by atoms with E-state index in [1.807, 2.05) is 43.3 Å². The third-order valence-electron chi connectivity index (χ3n) is 6.37. The molecular weight excluding hydrogens is 526 g/mol. The Balaban J connectivity index is 1.42. The lowest BCUT2D eigenvalue weighted by atomic mass is 10.0. The van der Waals surface area contributed by atoms with Crippen LogP contribution in [-0.2, 0) is 10.0 Å². The molecule has 8 nitrogen and oxygen atoms in total. The highest BCUT2D eigenvalue weighted by molar-refractivity contribution is 7.92. The van der Waals surface area contributed by atoms with Gasteiger partial charge >= 0.3 is 0 Å². The van der Waals surface area contributed by atoms with E-state index in [-0.39, 0.29) is 10.8 Å². The standard InChI is InChI=1S/C31H27N3O5S/c1-20-8-15-24(16-9-20)40(36,37)34-22-12-10-21(11-13-22)32-31(35)27-19-29(33-28-7-5-4-6-25(27)28)26-17-14-23(38-2)18-30(26)39-3/h4-19,34H,1-3H3,(H,32,35). The van der Waals surface area contributed by atoms with E-state index in [0.717, 1.165) is 5.56 Å². The maximum atomic E-state index is 13.5. The molecule has 0 saturated heterocycles. The van der Waals surface area contributed by atoms with Gasteiger partial charge in [-0.05, 0) is 67.6 Å². The van der Waals surface area contributed by atoms with Crippen molar-refractivity contribution in [2.75, 3.05) is 24.3 Å². The molecule has 0 unspecified atom stereocenters. The number of pyridine rings is 1. The van der Waals surface area contributed by atoms with Gasteiger partial charge < -0.3 is 14.8 Å². The number of anilines is 2. The van der Waals surface area contributed by atoms with Crippen molar-refractivity contribution in [1.29, 1.82) is 0 Å². The van der Waals surface area contributed by atoms with E-state index in [2.05, 4.69) is 10.0 Å². The number of nitrogens with zero attached hydrogens (tertiary/aromatic N) is 1. The van der Waals surface area contributed by atoms with Crippen LogP contribution in [0.1, 0.15) is 15.9 Å². The Morgan fingerprint density at radius 1 is 0.800 bits per heavy atom. The molecule has 0 aliphatic carbocycles. The van der Waals surface area contributed by atoms with E-state index in [1.54, 1.807) is 74.9 Å². The van der Waals surface area contributed by atoms with Gasteiger partial charge in [0.2, 0.25) is 0 Å². The van der Waals surface area contributed by atoms with Crippen LogP contribution in [0.2, 0.25) is 0 Å². The van der Waals surface area contributed by atoms with Crippen LogP contribution in [0.3, 0.4) is 0 Å². The highest BCUT2D eigenvalue weighted by atomic mass is 32.2. The van der Waals surface area contributed by atoms with Crippen LogP contribution in [0.4, 0.5) is 11.4 Å². The number of fused-ring (bicyclic) bond motifs is 1. The predicted molar refractivity (Wildman–Crippen MR) is 157 cm³/mol. The minimum Gasteiger partial charge on any atom is -0.497 e. The maximum Gasteiger partial charge on any atom is 0.261 e. The largest absolute Gasteiger partial charge is 0.497 e. The molecule has 0 spiro atoms. The zero-order valence-electron chi connectivity index (χ0n) is 22.1. The van der Waals surface area contributed by atoms with E-state index < -0.39 is 10.0 Å². The fourth-order valence-corrected chi connectivity index (χ4v) is 5.32. The topological polar surface area (TPSA) is 107 Å². The number of amides is 1. The number of ether oxygens (including phenoxy) is 2.